The van der Waals surface area contributed by atoms with Crippen LogP contribution in [0, 0.1) is 5.92 Å². The number of urea groups is 1. The quantitative estimate of drug-likeness (QED) is 0.582. The molecule has 0 aliphatic carbocycles. The lowest BCUT2D eigenvalue weighted by Crippen LogP contribution is -2.58. The SMILES string of the molecule is CCOc1ccc(N=C[C@H]2C(=O)NC(=O)N(c3ccc(Br)cc3)C2=O)cc1. The van der Waals surface area contributed by atoms with Gasteiger partial charge in [0.25, 0.3) is 5.91 Å². The number of hydrogen-bond donors (Lipinski definition) is 1. The Morgan fingerprint density at radius 2 is 1.78 bits per heavy atom. The molecule has 1 heterocycles. The van der Waals surface area contributed by atoms with Gasteiger partial charge in [0.2, 0.25) is 5.91 Å². The second kappa shape index (κ2) is 8.13. The van der Waals surface area contributed by atoms with Crippen LogP contribution in [0.2, 0.25) is 0 Å². The molecule has 8 heteroatoms. The second-order valence-corrected chi connectivity index (χ2v) is 6.54. The number of ether oxygens (including phenoxy) is 1. The molecule has 1 aliphatic heterocycles. The van der Waals surface area contributed by atoms with E-state index < -0.39 is 23.8 Å². The summed E-state index contributed by atoms with van der Waals surface area (Å²) in [6.07, 6.45) is 1.24. The Bertz CT molecular complexity index is 894. The second-order valence-electron chi connectivity index (χ2n) is 5.63. The van der Waals surface area contributed by atoms with Crippen molar-refractivity contribution in [1.29, 1.82) is 0 Å². The van der Waals surface area contributed by atoms with Gasteiger partial charge >= 0.3 is 6.03 Å². The lowest BCUT2D eigenvalue weighted by atomic mass is 10.1. The van der Waals surface area contributed by atoms with Crippen LogP contribution >= 0.6 is 15.9 Å². The monoisotopic (exact) mass is 429 g/mol. The van der Waals surface area contributed by atoms with Crippen LogP contribution in [0.1, 0.15) is 6.92 Å². The van der Waals surface area contributed by atoms with Gasteiger partial charge in [-0.05, 0) is 55.5 Å². The Balaban J connectivity index is 1.81. The zero-order valence-corrected chi connectivity index (χ0v) is 16.0. The predicted molar refractivity (Wildman–Crippen MR) is 104 cm³/mol. The Labute approximate surface area is 164 Å². The summed E-state index contributed by atoms with van der Waals surface area (Å²) in [7, 11) is 0. The first-order chi connectivity index (χ1) is 13.0. The maximum absolute atomic E-state index is 12.7. The molecule has 1 saturated heterocycles. The first-order valence-corrected chi connectivity index (χ1v) is 9.00. The van der Waals surface area contributed by atoms with Crippen LogP contribution in [0.4, 0.5) is 16.2 Å². The molecule has 1 N–H and O–H groups in total. The van der Waals surface area contributed by atoms with Gasteiger partial charge in [0.1, 0.15) is 5.75 Å². The van der Waals surface area contributed by atoms with Gasteiger partial charge in [-0.3, -0.25) is 19.9 Å². The van der Waals surface area contributed by atoms with Gasteiger partial charge in [-0.15, -0.1) is 0 Å². The molecule has 0 radical (unpaired) electrons. The lowest BCUT2D eigenvalue weighted by Gasteiger charge is -2.28. The third-order valence-corrected chi connectivity index (χ3v) is 4.34. The number of anilines is 1. The van der Waals surface area contributed by atoms with Gasteiger partial charge in [0.05, 0.1) is 18.0 Å². The van der Waals surface area contributed by atoms with Crippen molar-refractivity contribution in [3.05, 3.63) is 53.0 Å². The highest BCUT2D eigenvalue weighted by molar-refractivity contribution is 9.10. The minimum Gasteiger partial charge on any atom is -0.494 e. The molecule has 0 aromatic heterocycles. The van der Waals surface area contributed by atoms with Crippen LogP contribution in [0.25, 0.3) is 0 Å². The van der Waals surface area contributed by atoms with Gasteiger partial charge in [0.15, 0.2) is 5.92 Å². The number of hydrogen-bond acceptors (Lipinski definition) is 5. The van der Waals surface area contributed by atoms with Crippen molar-refractivity contribution in [3.63, 3.8) is 0 Å². The third kappa shape index (κ3) is 4.22. The van der Waals surface area contributed by atoms with Gasteiger partial charge in [-0.2, -0.15) is 0 Å². The van der Waals surface area contributed by atoms with E-state index in [0.717, 1.165) is 9.37 Å². The number of nitrogens with one attached hydrogen (secondary N) is 1. The van der Waals surface area contributed by atoms with Crippen LogP contribution in [-0.4, -0.2) is 30.7 Å². The van der Waals surface area contributed by atoms with Crippen molar-refractivity contribution in [3.8, 4) is 5.75 Å². The van der Waals surface area contributed by atoms with Gasteiger partial charge in [0, 0.05) is 10.7 Å². The molecule has 0 unspecified atom stereocenters. The largest absolute Gasteiger partial charge is 0.494 e. The highest BCUT2D eigenvalue weighted by Gasteiger charge is 2.40. The molecular weight excluding hydrogens is 414 g/mol. The summed E-state index contributed by atoms with van der Waals surface area (Å²) in [5, 5.41) is 2.19. The fourth-order valence-electron chi connectivity index (χ4n) is 2.51. The smallest absolute Gasteiger partial charge is 0.335 e. The number of amides is 4. The molecular formula is C19H16BrN3O4. The summed E-state index contributed by atoms with van der Waals surface area (Å²) in [5.74, 6) is -1.85. The van der Waals surface area contributed by atoms with E-state index in [1.165, 1.54) is 6.21 Å². The van der Waals surface area contributed by atoms with E-state index >= 15 is 0 Å². The Morgan fingerprint density at radius 3 is 2.41 bits per heavy atom. The molecule has 7 nitrogen and oxygen atoms in total. The standard InChI is InChI=1S/C19H16BrN3O4/c1-2-27-15-9-5-13(6-10-15)21-11-16-17(24)22-19(26)23(18(16)25)14-7-3-12(20)4-8-14/h3-11,16H,2H2,1H3,(H,22,24,26)/t16-/m0/s1. The van der Waals surface area contributed by atoms with Crippen LogP contribution in [-0.2, 0) is 9.59 Å². The number of rotatable bonds is 5. The van der Waals surface area contributed by atoms with Crippen molar-refractivity contribution in [2.45, 2.75) is 6.92 Å². The molecule has 0 bridgehead atoms. The first-order valence-electron chi connectivity index (χ1n) is 8.21. The summed E-state index contributed by atoms with van der Waals surface area (Å²) >= 11 is 3.30. The minimum atomic E-state index is -1.20. The molecule has 0 spiro atoms. The molecule has 2 aromatic rings. The molecule has 1 fully saturated rings. The molecule has 27 heavy (non-hydrogen) atoms. The molecule has 1 atom stereocenters. The molecule has 2 aromatic carbocycles. The van der Waals surface area contributed by atoms with Crippen LogP contribution in [0.3, 0.4) is 0 Å². The Kier molecular flexibility index (Phi) is 5.66. The van der Waals surface area contributed by atoms with E-state index in [1.807, 2.05) is 6.92 Å². The zero-order chi connectivity index (χ0) is 19.4. The number of nitrogens with zero attached hydrogens (tertiary/aromatic N) is 2. The highest BCUT2D eigenvalue weighted by atomic mass is 79.9. The van der Waals surface area contributed by atoms with E-state index in [9.17, 15) is 14.4 Å². The first kappa shape index (κ1) is 18.8. The molecule has 1 aliphatic rings. The van der Waals surface area contributed by atoms with E-state index in [4.69, 9.17) is 4.74 Å². The normalized spacial score (nSPS) is 17.3. The Hall–Kier alpha value is -3.00. The van der Waals surface area contributed by atoms with E-state index in [1.54, 1.807) is 48.5 Å². The number of carbonyl (C=O) groups excluding carboxylic acids is 3. The molecule has 3 rings (SSSR count). The maximum atomic E-state index is 12.7. The van der Waals surface area contributed by atoms with Gasteiger partial charge < -0.3 is 4.74 Å². The zero-order valence-electron chi connectivity index (χ0n) is 14.4. The minimum absolute atomic E-state index is 0.368. The van der Waals surface area contributed by atoms with E-state index in [2.05, 4.69) is 26.2 Å². The van der Waals surface area contributed by atoms with Crippen molar-refractivity contribution in [2.75, 3.05) is 11.5 Å². The number of carbonyl (C=O) groups is 3. The number of aliphatic imine (C=N–C) groups is 1. The summed E-state index contributed by atoms with van der Waals surface area (Å²) in [4.78, 5) is 42.1. The maximum Gasteiger partial charge on any atom is 0.335 e. The van der Waals surface area contributed by atoms with Gasteiger partial charge in [-0.25, -0.2) is 9.69 Å². The number of barbiturate groups is 1. The lowest BCUT2D eigenvalue weighted by molar-refractivity contribution is -0.131. The number of imide groups is 2. The average Bonchev–Trinajstić information content (AvgIpc) is 2.64. The van der Waals surface area contributed by atoms with Crippen molar-refractivity contribution < 1.29 is 19.1 Å². The third-order valence-electron chi connectivity index (χ3n) is 3.81. The van der Waals surface area contributed by atoms with Crippen LogP contribution < -0.4 is 15.0 Å². The molecule has 4 amide bonds. The fraction of sp³-hybridized carbons (Fsp3) is 0.158. The summed E-state index contributed by atoms with van der Waals surface area (Å²) in [6, 6.07) is 12.8. The predicted octanol–water partition coefficient (Wildman–Crippen LogP) is 3.45. The van der Waals surface area contributed by atoms with Crippen LogP contribution in [0.15, 0.2) is 58.0 Å². The summed E-state index contributed by atoms with van der Waals surface area (Å²) in [6.45, 7) is 2.44. The highest BCUT2D eigenvalue weighted by Crippen LogP contribution is 2.23. The van der Waals surface area contributed by atoms with Crippen molar-refractivity contribution >= 4 is 51.4 Å². The Morgan fingerprint density at radius 1 is 1.11 bits per heavy atom. The topological polar surface area (TPSA) is 88.1 Å². The van der Waals surface area contributed by atoms with Crippen molar-refractivity contribution in [1.82, 2.24) is 5.32 Å². The van der Waals surface area contributed by atoms with E-state index in [0.29, 0.717) is 23.7 Å². The summed E-state index contributed by atoms with van der Waals surface area (Å²) < 4.78 is 6.16. The average molecular weight is 430 g/mol. The fourth-order valence-corrected chi connectivity index (χ4v) is 2.78. The van der Waals surface area contributed by atoms with Crippen LogP contribution in [0.5, 0.6) is 5.75 Å². The van der Waals surface area contributed by atoms with E-state index in [-0.39, 0.29) is 0 Å². The molecule has 0 saturated carbocycles. The van der Waals surface area contributed by atoms with Crippen molar-refractivity contribution in [2.24, 2.45) is 10.9 Å². The molecule has 138 valence electrons. The number of benzene rings is 2. The van der Waals surface area contributed by atoms with Gasteiger partial charge in [-0.1, -0.05) is 15.9 Å². The summed E-state index contributed by atoms with van der Waals surface area (Å²) in [5.41, 5.74) is 0.929. The number of halogens is 1.